The number of fused-ring (bicyclic) bond motifs is 1. The van der Waals surface area contributed by atoms with E-state index < -0.39 is 5.97 Å². The first kappa shape index (κ1) is 37.2. The second-order valence-corrected chi connectivity index (χ2v) is 12.0. The number of nitrogens with zero attached hydrogens (tertiary/aromatic N) is 1. The summed E-state index contributed by atoms with van der Waals surface area (Å²) in [5.41, 5.74) is 0. The van der Waals surface area contributed by atoms with E-state index in [2.05, 4.69) is 44.2 Å². The van der Waals surface area contributed by atoms with Crippen molar-refractivity contribution >= 4 is 24.1 Å². The van der Waals surface area contributed by atoms with Gasteiger partial charge >= 0.3 is 5.97 Å². The Morgan fingerprint density at radius 1 is 0.816 bits per heavy atom. The maximum absolute atomic E-state index is 12.1. The molecule has 2 N–H and O–H groups in total. The molecule has 6 nitrogen and oxygen atoms in total. The van der Waals surface area contributed by atoms with E-state index in [1.165, 1.54) is 82.9 Å². The molecule has 2 rings (SSSR count). The highest BCUT2D eigenvalue weighted by Crippen LogP contribution is 2.51. The van der Waals surface area contributed by atoms with Gasteiger partial charge in [-0.25, -0.2) is 4.31 Å². The van der Waals surface area contributed by atoms with Gasteiger partial charge in [0, 0.05) is 25.6 Å². The fourth-order valence-corrected chi connectivity index (χ4v) is 5.87. The number of nitrogens with one attached hydrogen (secondary N) is 1. The third-order valence-electron chi connectivity index (χ3n) is 7.80. The van der Waals surface area contributed by atoms with E-state index in [9.17, 15) is 9.59 Å². The zero-order chi connectivity index (χ0) is 28.6. The summed E-state index contributed by atoms with van der Waals surface area (Å²) < 4.78 is 7.34. The fraction of sp³-hybridized carbons (Fsp3) is 0.935. The van der Waals surface area contributed by atoms with Crippen molar-refractivity contribution in [2.75, 3.05) is 26.7 Å². The van der Waals surface area contributed by atoms with Crippen molar-refractivity contribution in [1.29, 1.82) is 0 Å². The Kier molecular flexibility index (Phi) is 24.7. The number of carboxylic acids is 1. The lowest BCUT2D eigenvalue weighted by molar-refractivity contribution is -0.155. The first-order valence-electron chi connectivity index (χ1n) is 15.9. The van der Waals surface area contributed by atoms with E-state index in [4.69, 9.17) is 9.29 Å². The molecule has 226 valence electrons. The molecular formula is C31H62N2O4S. The highest BCUT2D eigenvalue weighted by molar-refractivity contribution is 7.92. The van der Waals surface area contributed by atoms with Gasteiger partial charge in [0.15, 0.2) is 0 Å². The van der Waals surface area contributed by atoms with Crippen LogP contribution in [0.1, 0.15) is 137 Å². The van der Waals surface area contributed by atoms with Crippen molar-refractivity contribution < 1.29 is 18.9 Å². The first-order chi connectivity index (χ1) is 18.4. The van der Waals surface area contributed by atoms with Crippen molar-refractivity contribution in [3.05, 3.63) is 0 Å². The number of amides is 1. The molecule has 0 saturated heterocycles. The summed E-state index contributed by atoms with van der Waals surface area (Å²) in [5.74, 6) is 0.134. The van der Waals surface area contributed by atoms with Gasteiger partial charge in [-0.1, -0.05) is 92.4 Å². The standard InChI is InChI=1S/C16H27NO3.C9H21NOS.C6H14/c1-2-3-4-5-8-17-15(18)12-7-6-11-9-14(16(19)20)13(11)10-12;1-4-6-8-10(12-11-3)9-7-5-2;1-3-5-6-4-2/h11-14H,2-10H2,1H3,(H,17,18)(H,19,20);4-9H2,1-3H3;3-6H2,1-2H3. The summed E-state index contributed by atoms with van der Waals surface area (Å²) in [4.78, 5) is 23.2. The number of carboxylic acid groups (broad SMARTS) is 1. The molecule has 0 bridgehead atoms. The van der Waals surface area contributed by atoms with Crippen LogP contribution in [-0.4, -0.2) is 48.0 Å². The Labute approximate surface area is 240 Å². The van der Waals surface area contributed by atoms with Crippen molar-refractivity contribution in [3.8, 4) is 0 Å². The molecule has 0 heterocycles. The predicted octanol–water partition coefficient (Wildman–Crippen LogP) is 8.50. The lowest BCUT2D eigenvalue weighted by atomic mass is 9.56. The minimum absolute atomic E-state index is 0.0459. The highest BCUT2D eigenvalue weighted by atomic mass is 32.2. The van der Waals surface area contributed by atoms with Gasteiger partial charge in [0.05, 0.1) is 25.3 Å². The molecule has 4 atom stereocenters. The highest BCUT2D eigenvalue weighted by Gasteiger charge is 2.49. The smallest absolute Gasteiger partial charge is 0.306 e. The van der Waals surface area contributed by atoms with E-state index in [1.54, 1.807) is 7.11 Å². The number of aliphatic carboxylic acids is 1. The molecular weight excluding hydrogens is 496 g/mol. The molecule has 38 heavy (non-hydrogen) atoms. The third kappa shape index (κ3) is 17.0. The number of hydrogen-bond donors (Lipinski definition) is 2. The average Bonchev–Trinajstić information content (AvgIpc) is 2.90. The van der Waals surface area contributed by atoms with E-state index in [0.29, 0.717) is 5.92 Å². The summed E-state index contributed by atoms with van der Waals surface area (Å²) in [6.45, 7) is 14.1. The van der Waals surface area contributed by atoms with Crippen LogP contribution in [-0.2, 0) is 13.8 Å². The lowest BCUT2D eigenvalue weighted by Crippen LogP contribution is -2.47. The van der Waals surface area contributed by atoms with Crippen molar-refractivity contribution in [3.63, 3.8) is 0 Å². The van der Waals surface area contributed by atoms with Crippen LogP contribution in [0.5, 0.6) is 0 Å². The monoisotopic (exact) mass is 558 g/mol. The molecule has 2 aliphatic rings. The Hall–Kier alpha value is -0.790. The van der Waals surface area contributed by atoms with Gasteiger partial charge in [0.25, 0.3) is 0 Å². The van der Waals surface area contributed by atoms with Gasteiger partial charge in [-0.2, -0.15) is 0 Å². The van der Waals surface area contributed by atoms with Crippen LogP contribution in [0.4, 0.5) is 0 Å². The van der Waals surface area contributed by atoms with Gasteiger partial charge in [-0.05, 0) is 56.8 Å². The van der Waals surface area contributed by atoms with E-state index in [1.807, 2.05) is 0 Å². The molecule has 0 aliphatic heterocycles. The average molecular weight is 559 g/mol. The largest absolute Gasteiger partial charge is 0.481 e. The SMILES string of the molecule is CCCCCC.CCCCCCNC(=O)C1CCC2CC(C(=O)O)C2C1.CCCCN(CCCC)SOC. The summed E-state index contributed by atoms with van der Waals surface area (Å²) >= 11 is 1.49. The minimum Gasteiger partial charge on any atom is -0.481 e. The van der Waals surface area contributed by atoms with Crippen LogP contribution in [0, 0.1) is 23.7 Å². The Morgan fingerprint density at radius 3 is 1.87 bits per heavy atom. The second kappa shape index (κ2) is 25.2. The van der Waals surface area contributed by atoms with E-state index >= 15 is 0 Å². The molecule has 0 spiro atoms. The van der Waals surface area contributed by atoms with Crippen LogP contribution in [0.3, 0.4) is 0 Å². The molecule has 0 radical (unpaired) electrons. The van der Waals surface area contributed by atoms with Crippen molar-refractivity contribution in [2.45, 2.75) is 137 Å². The molecule has 2 aliphatic carbocycles. The molecule has 0 aromatic heterocycles. The Balaban J connectivity index is 0.000000646. The summed E-state index contributed by atoms with van der Waals surface area (Å²) in [6, 6.07) is 0. The van der Waals surface area contributed by atoms with Crippen LogP contribution in [0.15, 0.2) is 0 Å². The van der Waals surface area contributed by atoms with E-state index in [-0.39, 0.29) is 23.7 Å². The maximum atomic E-state index is 12.1. The molecule has 2 fully saturated rings. The predicted molar refractivity (Wildman–Crippen MR) is 163 cm³/mol. The number of rotatable bonds is 18. The quantitative estimate of drug-likeness (QED) is 0.0997. The number of unbranched alkanes of at least 4 members (excludes halogenated alkanes) is 8. The normalized spacial score (nSPS) is 21.8. The van der Waals surface area contributed by atoms with Crippen molar-refractivity contribution in [1.82, 2.24) is 9.62 Å². The zero-order valence-corrected chi connectivity index (χ0v) is 26.6. The molecule has 7 heteroatoms. The van der Waals surface area contributed by atoms with E-state index in [0.717, 1.165) is 51.7 Å². The summed E-state index contributed by atoms with van der Waals surface area (Å²) in [5, 5.41) is 12.1. The number of carbonyl (C=O) groups is 2. The Morgan fingerprint density at radius 2 is 1.37 bits per heavy atom. The molecule has 0 aromatic carbocycles. The lowest BCUT2D eigenvalue weighted by Gasteiger charge is -2.47. The van der Waals surface area contributed by atoms with Crippen LogP contribution in [0.2, 0.25) is 0 Å². The minimum atomic E-state index is -0.674. The first-order valence-corrected chi connectivity index (χ1v) is 16.6. The Bertz CT molecular complexity index is 566. The third-order valence-corrected chi connectivity index (χ3v) is 8.52. The maximum Gasteiger partial charge on any atom is 0.306 e. The van der Waals surface area contributed by atoms with Crippen molar-refractivity contribution in [2.24, 2.45) is 23.7 Å². The van der Waals surface area contributed by atoms with Gasteiger partial charge in [0.2, 0.25) is 5.91 Å². The van der Waals surface area contributed by atoms with Gasteiger partial charge in [-0.3, -0.25) is 9.59 Å². The molecule has 2 saturated carbocycles. The summed E-state index contributed by atoms with van der Waals surface area (Å²) in [6.07, 6.45) is 18.8. The topological polar surface area (TPSA) is 78.9 Å². The van der Waals surface area contributed by atoms with Crippen LogP contribution in [0.25, 0.3) is 0 Å². The zero-order valence-electron chi connectivity index (χ0n) is 25.8. The molecule has 1 amide bonds. The van der Waals surface area contributed by atoms with Crippen LogP contribution < -0.4 is 5.32 Å². The fourth-order valence-electron chi connectivity index (χ4n) is 5.25. The van der Waals surface area contributed by atoms with Crippen LogP contribution >= 0.6 is 12.2 Å². The van der Waals surface area contributed by atoms with Gasteiger partial charge in [0.1, 0.15) is 0 Å². The molecule has 4 unspecified atom stereocenters. The molecule has 0 aromatic rings. The van der Waals surface area contributed by atoms with Gasteiger partial charge in [-0.15, -0.1) is 0 Å². The summed E-state index contributed by atoms with van der Waals surface area (Å²) in [7, 11) is 1.73. The number of hydrogen-bond acceptors (Lipinski definition) is 5. The number of carbonyl (C=O) groups excluding carboxylic acids is 1. The second-order valence-electron chi connectivity index (χ2n) is 11.1. The van der Waals surface area contributed by atoms with Gasteiger partial charge < -0.3 is 14.6 Å².